The van der Waals surface area contributed by atoms with Crippen molar-refractivity contribution in [1.82, 2.24) is 5.32 Å². The van der Waals surface area contributed by atoms with Crippen molar-refractivity contribution in [2.75, 3.05) is 0 Å². The monoisotopic (exact) mass is 245 g/mol. The number of nitrogens with one attached hydrogen (secondary N) is 1. The first-order valence-electron chi connectivity index (χ1n) is 6.79. The molecule has 0 bridgehead atoms. The molecular weight excluding hydrogens is 226 g/mol. The van der Waals surface area contributed by atoms with Gasteiger partial charge in [0.25, 0.3) is 0 Å². The fourth-order valence-electron chi connectivity index (χ4n) is 3.16. The zero-order chi connectivity index (χ0) is 12.4. The molecule has 1 aliphatic carbocycles. The summed E-state index contributed by atoms with van der Waals surface area (Å²) >= 11 is 0. The van der Waals surface area contributed by atoms with E-state index in [0.29, 0.717) is 18.6 Å². The van der Waals surface area contributed by atoms with Crippen LogP contribution in [0.5, 0.6) is 0 Å². The van der Waals surface area contributed by atoms with E-state index >= 15 is 0 Å². The molecule has 0 radical (unpaired) electrons. The molecule has 2 aliphatic rings. The fraction of sp³-hybridized carbons (Fsp3) is 0.533. The van der Waals surface area contributed by atoms with Crippen LogP contribution in [0, 0.1) is 5.92 Å². The summed E-state index contributed by atoms with van der Waals surface area (Å²) in [5, 5.41) is 3.41. The summed E-state index contributed by atoms with van der Waals surface area (Å²) in [5.74, 6) is 0.604. The summed E-state index contributed by atoms with van der Waals surface area (Å²) < 4.78 is 5.38. The van der Waals surface area contributed by atoms with Gasteiger partial charge in [0.05, 0.1) is 0 Å². The van der Waals surface area contributed by atoms with Gasteiger partial charge in [-0.2, -0.15) is 0 Å². The second kappa shape index (κ2) is 5.11. The van der Waals surface area contributed by atoms with Crippen molar-refractivity contribution in [2.24, 2.45) is 5.92 Å². The van der Waals surface area contributed by atoms with Crippen molar-refractivity contribution in [3.8, 4) is 0 Å². The first kappa shape index (κ1) is 11.7. The molecule has 1 aliphatic heterocycles. The topological polar surface area (TPSA) is 38.3 Å². The standard InChI is InChI=1S/C15H19NO2/c17-15(18-10-11-5-2-1-3-6-11)14-9-12-7-4-8-13(12)16-14/h1-3,5-6,12-14,16H,4,7-10H2/t12-,13-,14?/m1/s1. The van der Waals surface area contributed by atoms with Crippen LogP contribution in [0.3, 0.4) is 0 Å². The van der Waals surface area contributed by atoms with Crippen molar-refractivity contribution in [3.05, 3.63) is 35.9 Å². The molecule has 1 saturated heterocycles. The van der Waals surface area contributed by atoms with Crippen LogP contribution in [0.2, 0.25) is 0 Å². The quantitative estimate of drug-likeness (QED) is 0.830. The summed E-state index contributed by atoms with van der Waals surface area (Å²) in [6, 6.07) is 10.3. The minimum Gasteiger partial charge on any atom is -0.460 e. The Hall–Kier alpha value is -1.35. The van der Waals surface area contributed by atoms with Crippen LogP contribution >= 0.6 is 0 Å². The summed E-state index contributed by atoms with van der Waals surface area (Å²) in [6.07, 6.45) is 4.74. The predicted molar refractivity (Wildman–Crippen MR) is 68.9 cm³/mol. The van der Waals surface area contributed by atoms with E-state index in [1.165, 1.54) is 19.3 Å². The predicted octanol–water partition coefficient (Wildman–Crippen LogP) is 2.26. The normalized spacial score (nSPS) is 30.1. The molecule has 3 heteroatoms. The van der Waals surface area contributed by atoms with Crippen LogP contribution < -0.4 is 5.32 Å². The number of fused-ring (bicyclic) bond motifs is 1. The second-order valence-corrected chi connectivity index (χ2v) is 5.35. The third-order valence-electron chi connectivity index (χ3n) is 4.12. The number of hydrogen-bond donors (Lipinski definition) is 1. The molecule has 1 unspecified atom stereocenters. The van der Waals surface area contributed by atoms with E-state index in [1.54, 1.807) is 0 Å². The zero-order valence-electron chi connectivity index (χ0n) is 10.5. The van der Waals surface area contributed by atoms with Gasteiger partial charge in [0.1, 0.15) is 12.6 Å². The smallest absolute Gasteiger partial charge is 0.323 e. The van der Waals surface area contributed by atoms with Crippen LogP contribution in [0.15, 0.2) is 30.3 Å². The Balaban J connectivity index is 1.50. The number of hydrogen-bond acceptors (Lipinski definition) is 3. The first-order valence-corrected chi connectivity index (χ1v) is 6.79. The van der Waals surface area contributed by atoms with Crippen LogP contribution in [0.4, 0.5) is 0 Å². The lowest BCUT2D eigenvalue weighted by Gasteiger charge is -2.12. The lowest BCUT2D eigenvalue weighted by Crippen LogP contribution is -2.36. The number of carbonyl (C=O) groups excluding carboxylic acids is 1. The molecule has 0 aromatic heterocycles. The molecule has 1 aromatic rings. The molecule has 1 N–H and O–H groups in total. The van der Waals surface area contributed by atoms with Gasteiger partial charge >= 0.3 is 5.97 Å². The second-order valence-electron chi connectivity index (χ2n) is 5.35. The van der Waals surface area contributed by atoms with E-state index in [9.17, 15) is 4.79 Å². The zero-order valence-corrected chi connectivity index (χ0v) is 10.5. The van der Waals surface area contributed by atoms with Crippen molar-refractivity contribution in [3.63, 3.8) is 0 Å². The molecule has 3 atom stereocenters. The number of esters is 1. The molecule has 18 heavy (non-hydrogen) atoms. The molecular formula is C15H19NO2. The third-order valence-corrected chi connectivity index (χ3v) is 4.12. The average molecular weight is 245 g/mol. The van der Waals surface area contributed by atoms with Crippen LogP contribution in [0.1, 0.15) is 31.2 Å². The Morgan fingerprint density at radius 2 is 2.11 bits per heavy atom. The van der Waals surface area contributed by atoms with Crippen molar-refractivity contribution < 1.29 is 9.53 Å². The first-order chi connectivity index (χ1) is 8.83. The molecule has 3 nitrogen and oxygen atoms in total. The largest absolute Gasteiger partial charge is 0.460 e. The van der Waals surface area contributed by atoms with E-state index in [-0.39, 0.29) is 12.0 Å². The maximum Gasteiger partial charge on any atom is 0.323 e. The summed E-state index contributed by atoms with van der Waals surface area (Å²) in [6.45, 7) is 0.382. The Kier molecular flexibility index (Phi) is 3.33. The highest BCUT2D eigenvalue weighted by Gasteiger charge is 2.40. The molecule has 96 valence electrons. The van der Waals surface area contributed by atoms with E-state index in [1.807, 2.05) is 30.3 Å². The number of rotatable bonds is 3. The van der Waals surface area contributed by atoms with E-state index in [4.69, 9.17) is 4.74 Å². The summed E-state index contributed by atoms with van der Waals surface area (Å²) in [4.78, 5) is 12.0. The lowest BCUT2D eigenvalue weighted by atomic mass is 10.0. The van der Waals surface area contributed by atoms with Gasteiger partial charge in [0.2, 0.25) is 0 Å². The highest BCUT2D eigenvalue weighted by atomic mass is 16.5. The SMILES string of the molecule is O=C(OCc1ccccc1)C1C[C@H]2CCC[C@H]2N1. The molecule has 1 heterocycles. The van der Waals surface area contributed by atoms with Gasteiger partial charge in [-0.05, 0) is 30.7 Å². The highest BCUT2D eigenvalue weighted by molar-refractivity contribution is 5.76. The van der Waals surface area contributed by atoms with Gasteiger partial charge in [-0.15, -0.1) is 0 Å². The summed E-state index contributed by atoms with van der Waals surface area (Å²) in [7, 11) is 0. The minimum atomic E-state index is -0.0896. The molecule has 0 spiro atoms. The van der Waals surface area contributed by atoms with Gasteiger partial charge in [-0.3, -0.25) is 4.79 Å². The van der Waals surface area contributed by atoms with E-state index in [2.05, 4.69) is 5.32 Å². The Morgan fingerprint density at radius 3 is 2.89 bits per heavy atom. The van der Waals surface area contributed by atoms with Gasteiger partial charge in [-0.1, -0.05) is 36.8 Å². The molecule has 3 rings (SSSR count). The van der Waals surface area contributed by atoms with Crippen LogP contribution in [0.25, 0.3) is 0 Å². The average Bonchev–Trinajstić information content (AvgIpc) is 2.98. The molecule has 1 saturated carbocycles. The fourth-order valence-corrected chi connectivity index (χ4v) is 3.16. The Morgan fingerprint density at radius 1 is 1.28 bits per heavy atom. The lowest BCUT2D eigenvalue weighted by molar-refractivity contribution is -0.147. The third kappa shape index (κ3) is 2.41. The molecule has 2 fully saturated rings. The maximum absolute atomic E-state index is 12.0. The minimum absolute atomic E-state index is 0.0796. The van der Waals surface area contributed by atoms with Gasteiger partial charge in [0.15, 0.2) is 0 Å². The Labute approximate surface area is 108 Å². The van der Waals surface area contributed by atoms with E-state index < -0.39 is 0 Å². The van der Waals surface area contributed by atoms with Crippen LogP contribution in [-0.4, -0.2) is 18.1 Å². The number of carbonyl (C=O) groups is 1. The summed E-state index contributed by atoms with van der Waals surface area (Å²) in [5.41, 5.74) is 1.05. The molecule has 1 aromatic carbocycles. The Bertz CT molecular complexity index is 406. The number of benzene rings is 1. The van der Waals surface area contributed by atoms with Crippen molar-refractivity contribution >= 4 is 5.97 Å². The van der Waals surface area contributed by atoms with Crippen LogP contribution in [-0.2, 0) is 16.1 Å². The van der Waals surface area contributed by atoms with Gasteiger partial charge < -0.3 is 10.1 Å². The highest BCUT2D eigenvalue weighted by Crippen LogP contribution is 2.34. The van der Waals surface area contributed by atoms with E-state index in [0.717, 1.165) is 12.0 Å². The maximum atomic E-state index is 12.0. The van der Waals surface area contributed by atoms with Crippen molar-refractivity contribution in [2.45, 2.75) is 44.4 Å². The van der Waals surface area contributed by atoms with Gasteiger partial charge in [-0.25, -0.2) is 0 Å². The number of ether oxygens (including phenoxy) is 1. The molecule has 0 amide bonds. The van der Waals surface area contributed by atoms with Crippen molar-refractivity contribution in [1.29, 1.82) is 0 Å². The van der Waals surface area contributed by atoms with Gasteiger partial charge in [0, 0.05) is 6.04 Å².